The molecule has 0 saturated heterocycles. The summed E-state index contributed by atoms with van der Waals surface area (Å²) in [5, 5.41) is 0. The first-order valence-electron chi connectivity index (χ1n) is 6.85. The van der Waals surface area contributed by atoms with Gasteiger partial charge in [0.25, 0.3) is 0 Å². The summed E-state index contributed by atoms with van der Waals surface area (Å²) in [6, 6.07) is 9.35. The van der Waals surface area contributed by atoms with E-state index in [-0.39, 0.29) is 0 Å². The summed E-state index contributed by atoms with van der Waals surface area (Å²) in [5.74, 6) is 1.33. The lowest BCUT2D eigenvalue weighted by molar-refractivity contribution is 0.111. The SMILES string of the molecule is CCCOc1ccc(-c2nc3ncccn3c2C=O)cc1. The predicted molar refractivity (Wildman–Crippen MR) is 79.6 cm³/mol. The van der Waals surface area contributed by atoms with Crippen LogP contribution in [0.5, 0.6) is 5.75 Å². The van der Waals surface area contributed by atoms with Crippen molar-refractivity contribution in [2.24, 2.45) is 0 Å². The Balaban J connectivity index is 2.01. The van der Waals surface area contributed by atoms with Crippen LogP contribution in [0.2, 0.25) is 0 Å². The monoisotopic (exact) mass is 281 g/mol. The van der Waals surface area contributed by atoms with Gasteiger partial charge in [-0.1, -0.05) is 6.92 Å². The summed E-state index contributed by atoms with van der Waals surface area (Å²) in [6.07, 6.45) is 5.21. The molecular weight excluding hydrogens is 266 g/mol. The highest BCUT2D eigenvalue weighted by Crippen LogP contribution is 2.24. The number of rotatable bonds is 5. The minimum atomic E-state index is 0.500. The number of carbonyl (C=O) groups is 1. The maximum absolute atomic E-state index is 11.4. The second kappa shape index (κ2) is 5.75. The van der Waals surface area contributed by atoms with Gasteiger partial charge in [-0.15, -0.1) is 0 Å². The lowest BCUT2D eigenvalue weighted by Crippen LogP contribution is -1.95. The normalized spacial score (nSPS) is 10.7. The van der Waals surface area contributed by atoms with E-state index in [2.05, 4.69) is 16.9 Å². The van der Waals surface area contributed by atoms with Gasteiger partial charge in [0.2, 0.25) is 5.78 Å². The van der Waals surface area contributed by atoms with Gasteiger partial charge in [0.05, 0.1) is 6.61 Å². The van der Waals surface area contributed by atoms with Gasteiger partial charge in [-0.05, 0) is 36.8 Å². The van der Waals surface area contributed by atoms with Crippen molar-refractivity contribution >= 4 is 12.1 Å². The highest BCUT2D eigenvalue weighted by atomic mass is 16.5. The third kappa shape index (κ3) is 2.50. The van der Waals surface area contributed by atoms with Crippen LogP contribution in [0.3, 0.4) is 0 Å². The second-order valence-corrected chi connectivity index (χ2v) is 4.63. The quantitative estimate of drug-likeness (QED) is 0.675. The average molecular weight is 281 g/mol. The van der Waals surface area contributed by atoms with Crippen molar-refractivity contribution in [3.05, 3.63) is 48.4 Å². The number of imidazole rings is 1. The fraction of sp³-hybridized carbons (Fsp3) is 0.188. The van der Waals surface area contributed by atoms with Gasteiger partial charge in [-0.3, -0.25) is 9.20 Å². The summed E-state index contributed by atoms with van der Waals surface area (Å²) in [4.78, 5) is 20.0. The molecule has 0 unspecified atom stereocenters. The molecule has 5 nitrogen and oxygen atoms in total. The molecule has 0 aliphatic rings. The predicted octanol–water partition coefficient (Wildman–Crippen LogP) is 3.00. The molecule has 0 saturated carbocycles. The molecular formula is C16H15N3O2. The Morgan fingerprint density at radius 1 is 1.29 bits per heavy atom. The Hall–Kier alpha value is -2.69. The van der Waals surface area contributed by atoms with Gasteiger partial charge in [0, 0.05) is 18.0 Å². The van der Waals surface area contributed by atoms with Gasteiger partial charge in [0.1, 0.15) is 17.1 Å². The zero-order valence-electron chi connectivity index (χ0n) is 11.7. The van der Waals surface area contributed by atoms with E-state index in [0.717, 1.165) is 24.0 Å². The van der Waals surface area contributed by atoms with Crippen molar-refractivity contribution in [1.82, 2.24) is 14.4 Å². The zero-order valence-corrected chi connectivity index (χ0v) is 11.7. The minimum Gasteiger partial charge on any atom is -0.494 e. The number of aromatic nitrogens is 3. The van der Waals surface area contributed by atoms with Crippen LogP contribution in [0.4, 0.5) is 0 Å². The van der Waals surface area contributed by atoms with Crippen LogP contribution in [-0.4, -0.2) is 27.3 Å². The molecule has 3 rings (SSSR count). The lowest BCUT2D eigenvalue weighted by Gasteiger charge is -2.05. The van der Waals surface area contributed by atoms with E-state index in [9.17, 15) is 4.79 Å². The molecule has 0 aliphatic carbocycles. The largest absolute Gasteiger partial charge is 0.494 e. The van der Waals surface area contributed by atoms with Crippen molar-refractivity contribution in [3.63, 3.8) is 0 Å². The molecule has 5 heteroatoms. The van der Waals surface area contributed by atoms with E-state index in [1.807, 2.05) is 24.3 Å². The number of hydrogen-bond donors (Lipinski definition) is 0. The molecule has 0 fully saturated rings. The fourth-order valence-electron chi connectivity index (χ4n) is 2.16. The molecule has 2 aromatic heterocycles. The van der Waals surface area contributed by atoms with Gasteiger partial charge < -0.3 is 4.74 Å². The van der Waals surface area contributed by atoms with Gasteiger partial charge in [0.15, 0.2) is 6.29 Å². The number of ether oxygens (including phenoxy) is 1. The fourth-order valence-corrected chi connectivity index (χ4v) is 2.16. The van der Waals surface area contributed by atoms with Crippen molar-refractivity contribution < 1.29 is 9.53 Å². The van der Waals surface area contributed by atoms with Crippen LogP contribution >= 0.6 is 0 Å². The van der Waals surface area contributed by atoms with Crippen molar-refractivity contribution in [3.8, 4) is 17.0 Å². The van der Waals surface area contributed by atoms with E-state index in [1.54, 1.807) is 22.9 Å². The summed E-state index contributed by atoms with van der Waals surface area (Å²) >= 11 is 0. The number of nitrogens with zero attached hydrogens (tertiary/aromatic N) is 3. The average Bonchev–Trinajstić information content (AvgIpc) is 2.92. The molecule has 21 heavy (non-hydrogen) atoms. The number of carbonyl (C=O) groups excluding carboxylic acids is 1. The maximum Gasteiger partial charge on any atom is 0.234 e. The van der Waals surface area contributed by atoms with Gasteiger partial charge in [-0.25, -0.2) is 9.97 Å². The Morgan fingerprint density at radius 3 is 2.81 bits per heavy atom. The van der Waals surface area contributed by atoms with Gasteiger partial charge in [-0.2, -0.15) is 0 Å². The lowest BCUT2D eigenvalue weighted by atomic mass is 10.1. The summed E-state index contributed by atoms with van der Waals surface area (Å²) < 4.78 is 7.24. The summed E-state index contributed by atoms with van der Waals surface area (Å²) in [6.45, 7) is 2.76. The molecule has 2 heterocycles. The molecule has 1 aromatic carbocycles. The molecule has 0 atom stereocenters. The van der Waals surface area contributed by atoms with E-state index < -0.39 is 0 Å². The standard InChI is InChI=1S/C16H15N3O2/c1-2-10-21-13-6-4-12(5-7-13)15-14(11-20)19-9-3-8-17-16(19)18-15/h3-9,11H,2,10H2,1H3. The molecule has 0 spiro atoms. The first kappa shape index (κ1) is 13.3. The first-order chi connectivity index (χ1) is 10.3. The Labute approximate surface area is 122 Å². The van der Waals surface area contributed by atoms with Crippen LogP contribution in [0, 0.1) is 0 Å². The smallest absolute Gasteiger partial charge is 0.234 e. The van der Waals surface area contributed by atoms with Crippen LogP contribution < -0.4 is 4.74 Å². The number of fused-ring (bicyclic) bond motifs is 1. The van der Waals surface area contributed by atoms with Crippen molar-refractivity contribution in [2.45, 2.75) is 13.3 Å². The maximum atomic E-state index is 11.4. The Bertz CT molecular complexity index is 763. The molecule has 106 valence electrons. The second-order valence-electron chi connectivity index (χ2n) is 4.63. The molecule has 0 amide bonds. The first-order valence-corrected chi connectivity index (χ1v) is 6.85. The molecule has 0 N–H and O–H groups in total. The van der Waals surface area contributed by atoms with E-state index in [0.29, 0.717) is 23.8 Å². The highest BCUT2D eigenvalue weighted by Gasteiger charge is 2.13. The number of hydrogen-bond acceptors (Lipinski definition) is 4. The third-order valence-electron chi connectivity index (χ3n) is 3.15. The molecule has 3 aromatic rings. The topological polar surface area (TPSA) is 56.5 Å². The van der Waals surface area contributed by atoms with Crippen LogP contribution in [0.1, 0.15) is 23.8 Å². The van der Waals surface area contributed by atoms with E-state index in [1.165, 1.54) is 0 Å². The summed E-state index contributed by atoms with van der Waals surface area (Å²) in [7, 11) is 0. The Kier molecular flexibility index (Phi) is 3.64. The van der Waals surface area contributed by atoms with Crippen LogP contribution in [0.15, 0.2) is 42.7 Å². The number of aldehydes is 1. The zero-order chi connectivity index (χ0) is 14.7. The van der Waals surface area contributed by atoms with Crippen molar-refractivity contribution in [2.75, 3.05) is 6.61 Å². The minimum absolute atomic E-state index is 0.500. The molecule has 0 bridgehead atoms. The third-order valence-corrected chi connectivity index (χ3v) is 3.15. The number of benzene rings is 1. The van der Waals surface area contributed by atoms with Crippen LogP contribution in [-0.2, 0) is 0 Å². The Morgan fingerprint density at radius 2 is 2.10 bits per heavy atom. The van der Waals surface area contributed by atoms with Crippen LogP contribution in [0.25, 0.3) is 17.0 Å². The van der Waals surface area contributed by atoms with Crippen molar-refractivity contribution in [1.29, 1.82) is 0 Å². The molecule has 0 radical (unpaired) electrons. The van der Waals surface area contributed by atoms with E-state index in [4.69, 9.17) is 4.74 Å². The summed E-state index contributed by atoms with van der Waals surface area (Å²) in [5.41, 5.74) is 2.00. The van der Waals surface area contributed by atoms with E-state index >= 15 is 0 Å². The van der Waals surface area contributed by atoms with Gasteiger partial charge >= 0.3 is 0 Å². The molecule has 0 aliphatic heterocycles. The highest BCUT2D eigenvalue weighted by molar-refractivity contribution is 5.85.